The van der Waals surface area contributed by atoms with E-state index in [2.05, 4.69) is 54.6 Å². The Balaban J connectivity index is 1.58. The maximum absolute atomic E-state index is 5.02. The highest BCUT2D eigenvalue weighted by molar-refractivity contribution is 6.14. The van der Waals surface area contributed by atoms with Gasteiger partial charge in [-0.3, -0.25) is 0 Å². The maximum Gasteiger partial charge on any atom is 0.0781 e. The predicted octanol–water partition coefficient (Wildman–Crippen LogP) is 7.07. The molecule has 0 saturated heterocycles. The Morgan fingerprint density at radius 2 is 1.17 bits per heavy atom. The third kappa shape index (κ3) is 3.76. The summed E-state index contributed by atoms with van der Waals surface area (Å²) < 4.78 is 0. The van der Waals surface area contributed by atoms with Gasteiger partial charge in [-0.05, 0) is 24.3 Å². The van der Waals surface area contributed by atoms with Crippen LogP contribution in [0.5, 0.6) is 0 Å². The Hall–Kier alpha value is -4.04. The minimum absolute atomic E-state index is 0.916. The van der Waals surface area contributed by atoms with Crippen LogP contribution in [0.15, 0.2) is 126 Å². The van der Waals surface area contributed by atoms with Crippen LogP contribution in [-0.2, 0) is 0 Å². The van der Waals surface area contributed by atoms with Crippen molar-refractivity contribution in [1.82, 2.24) is 4.98 Å². The molecule has 0 aliphatic heterocycles. The van der Waals surface area contributed by atoms with Gasteiger partial charge in [-0.25, -0.2) is 9.98 Å². The summed E-state index contributed by atoms with van der Waals surface area (Å²) in [6.45, 7) is 0. The first-order valence-electron chi connectivity index (χ1n) is 10.0. The molecule has 1 aromatic heterocycles. The number of aliphatic imine (C=N–C) groups is 1. The third-order valence-electron chi connectivity index (χ3n) is 5.08. The summed E-state index contributed by atoms with van der Waals surface area (Å²) in [6, 6.07) is 41.3. The first-order chi connectivity index (χ1) is 14.9. The zero-order valence-corrected chi connectivity index (χ0v) is 16.4. The Bertz CT molecular complexity index is 1270. The average molecular weight is 384 g/mol. The number of hydrogen-bond donors (Lipinski definition) is 0. The van der Waals surface area contributed by atoms with Crippen LogP contribution in [0.3, 0.4) is 0 Å². The van der Waals surface area contributed by atoms with Crippen LogP contribution in [0.4, 0.5) is 5.69 Å². The molecule has 0 aliphatic carbocycles. The number of pyridine rings is 1. The Morgan fingerprint density at radius 1 is 0.567 bits per heavy atom. The Morgan fingerprint density at radius 3 is 1.80 bits per heavy atom. The molecular weight excluding hydrogens is 364 g/mol. The van der Waals surface area contributed by atoms with Gasteiger partial charge in [-0.2, -0.15) is 0 Å². The summed E-state index contributed by atoms with van der Waals surface area (Å²) in [5.41, 5.74) is 7.15. The molecule has 1 heterocycles. The molecule has 142 valence electrons. The molecule has 30 heavy (non-hydrogen) atoms. The molecule has 2 heteroatoms. The van der Waals surface area contributed by atoms with Crippen molar-refractivity contribution < 1.29 is 0 Å². The topological polar surface area (TPSA) is 25.2 Å². The molecule has 0 unspecified atom stereocenters. The predicted molar refractivity (Wildman–Crippen MR) is 125 cm³/mol. The van der Waals surface area contributed by atoms with Crippen LogP contribution < -0.4 is 0 Å². The quantitative estimate of drug-likeness (QED) is 0.304. The van der Waals surface area contributed by atoms with E-state index in [0.29, 0.717) is 0 Å². The van der Waals surface area contributed by atoms with Crippen molar-refractivity contribution in [2.75, 3.05) is 0 Å². The second-order valence-electron chi connectivity index (χ2n) is 7.13. The van der Waals surface area contributed by atoms with Crippen molar-refractivity contribution in [2.24, 2.45) is 4.99 Å². The smallest absolute Gasteiger partial charge is 0.0781 e. The normalized spacial score (nSPS) is 10.7. The first kappa shape index (κ1) is 18.0. The monoisotopic (exact) mass is 384 g/mol. The number of nitrogens with zero attached hydrogens (tertiary/aromatic N) is 2. The summed E-state index contributed by atoms with van der Waals surface area (Å²) in [6.07, 6.45) is 0. The van der Waals surface area contributed by atoms with E-state index in [9.17, 15) is 0 Å². The van der Waals surface area contributed by atoms with Gasteiger partial charge in [0.2, 0.25) is 0 Å². The summed E-state index contributed by atoms with van der Waals surface area (Å²) in [4.78, 5) is 9.85. The molecule has 2 nitrogen and oxygen atoms in total. The van der Waals surface area contributed by atoms with Crippen LogP contribution >= 0.6 is 0 Å². The van der Waals surface area contributed by atoms with Gasteiger partial charge in [0.15, 0.2) is 0 Å². The van der Waals surface area contributed by atoms with Crippen molar-refractivity contribution in [3.05, 3.63) is 132 Å². The van der Waals surface area contributed by atoms with E-state index in [4.69, 9.17) is 9.98 Å². The number of benzene rings is 4. The Labute approximate surface area is 176 Å². The van der Waals surface area contributed by atoms with Crippen LogP contribution in [-0.4, -0.2) is 10.7 Å². The highest BCUT2D eigenvalue weighted by Crippen LogP contribution is 2.25. The molecule has 5 rings (SSSR count). The fraction of sp³-hybridized carbons (Fsp3) is 0. The van der Waals surface area contributed by atoms with Crippen LogP contribution in [0.1, 0.15) is 11.1 Å². The molecular formula is C28H20N2. The molecule has 0 bridgehead atoms. The number of fused-ring (bicyclic) bond motifs is 1. The van der Waals surface area contributed by atoms with E-state index in [-0.39, 0.29) is 0 Å². The molecule has 0 spiro atoms. The zero-order chi connectivity index (χ0) is 20.2. The van der Waals surface area contributed by atoms with Gasteiger partial charge in [0.25, 0.3) is 0 Å². The number of aromatic nitrogens is 1. The number of hydrogen-bond acceptors (Lipinski definition) is 2. The zero-order valence-electron chi connectivity index (χ0n) is 16.4. The van der Waals surface area contributed by atoms with Gasteiger partial charge in [0.1, 0.15) is 0 Å². The largest absolute Gasteiger partial charge is 0.248 e. The van der Waals surface area contributed by atoms with E-state index < -0.39 is 0 Å². The SMILES string of the molecule is c1ccc(C(=Nc2ccc3nc(-c4ccccc4)ccc3c2)c2ccccc2)cc1. The molecule has 0 amide bonds. The molecule has 0 fully saturated rings. The highest BCUT2D eigenvalue weighted by atomic mass is 14.8. The van der Waals surface area contributed by atoms with Crippen molar-refractivity contribution in [3.8, 4) is 11.3 Å². The van der Waals surface area contributed by atoms with Crippen molar-refractivity contribution >= 4 is 22.3 Å². The van der Waals surface area contributed by atoms with Gasteiger partial charge in [-0.1, -0.05) is 97.1 Å². The lowest BCUT2D eigenvalue weighted by Gasteiger charge is -2.09. The van der Waals surface area contributed by atoms with Gasteiger partial charge in [0.05, 0.1) is 22.6 Å². The van der Waals surface area contributed by atoms with E-state index in [1.165, 1.54) is 0 Å². The van der Waals surface area contributed by atoms with Crippen LogP contribution in [0.25, 0.3) is 22.2 Å². The lowest BCUT2D eigenvalue weighted by molar-refractivity contribution is 1.39. The minimum Gasteiger partial charge on any atom is -0.248 e. The molecule has 0 saturated carbocycles. The highest BCUT2D eigenvalue weighted by Gasteiger charge is 2.08. The van der Waals surface area contributed by atoms with E-state index in [1.807, 2.05) is 66.7 Å². The van der Waals surface area contributed by atoms with Crippen LogP contribution in [0, 0.1) is 0 Å². The van der Waals surface area contributed by atoms with E-state index in [0.717, 1.165) is 44.7 Å². The number of rotatable bonds is 4. The summed E-state index contributed by atoms with van der Waals surface area (Å²) >= 11 is 0. The molecule has 0 atom stereocenters. The first-order valence-corrected chi connectivity index (χ1v) is 10.0. The van der Waals surface area contributed by atoms with Gasteiger partial charge < -0.3 is 0 Å². The molecule has 0 N–H and O–H groups in total. The summed E-state index contributed by atoms with van der Waals surface area (Å²) in [7, 11) is 0. The molecule has 0 radical (unpaired) electrons. The lowest BCUT2D eigenvalue weighted by Crippen LogP contribution is -2.02. The second kappa shape index (κ2) is 8.14. The second-order valence-corrected chi connectivity index (χ2v) is 7.13. The van der Waals surface area contributed by atoms with Gasteiger partial charge in [-0.15, -0.1) is 0 Å². The molecule has 5 aromatic rings. The van der Waals surface area contributed by atoms with Gasteiger partial charge in [0, 0.05) is 22.1 Å². The molecule has 0 aliphatic rings. The minimum atomic E-state index is 0.916. The van der Waals surface area contributed by atoms with Gasteiger partial charge >= 0.3 is 0 Å². The van der Waals surface area contributed by atoms with E-state index in [1.54, 1.807) is 0 Å². The summed E-state index contributed by atoms with van der Waals surface area (Å²) in [5, 5.41) is 1.08. The van der Waals surface area contributed by atoms with E-state index >= 15 is 0 Å². The third-order valence-corrected chi connectivity index (χ3v) is 5.08. The fourth-order valence-corrected chi connectivity index (χ4v) is 3.57. The van der Waals surface area contributed by atoms with Crippen molar-refractivity contribution in [2.45, 2.75) is 0 Å². The van der Waals surface area contributed by atoms with Crippen molar-refractivity contribution in [3.63, 3.8) is 0 Å². The lowest BCUT2D eigenvalue weighted by atomic mass is 10.0. The maximum atomic E-state index is 5.02. The van der Waals surface area contributed by atoms with Crippen LogP contribution in [0.2, 0.25) is 0 Å². The fourth-order valence-electron chi connectivity index (χ4n) is 3.57. The summed E-state index contributed by atoms with van der Waals surface area (Å²) in [5.74, 6) is 0. The molecule has 4 aromatic carbocycles. The van der Waals surface area contributed by atoms with Crippen molar-refractivity contribution in [1.29, 1.82) is 0 Å². The standard InChI is InChI=1S/C28H20N2/c1-4-10-21(11-5-1)26-18-16-24-20-25(17-19-27(24)30-26)29-28(22-12-6-2-7-13-22)23-14-8-3-9-15-23/h1-20H. The average Bonchev–Trinajstić information content (AvgIpc) is 2.84. The Kier molecular flexibility index (Phi) is 4.89.